The van der Waals surface area contributed by atoms with Gasteiger partial charge in [0.25, 0.3) is 0 Å². The van der Waals surface area contributed by atoms with Gasteiger partial charge in [0.2, 0.25) is 5.91 Å². The van der Waals surface area contributed by atoms with Crippen molar-refractivity contribution in [1.82, 2.24) is 20.5 Å². The van der Waals surface area contributed by atoms with Gasteiger partial charge in [0.05, 0.1) is 11.7 Å². The summed E-state index contributed by atoms with van der Waals surface area (Å²) >= 11 is 0. The standard InChI is InChI=1S/C21H23FN4O/c1-13(24-20(27)21(2,3)4)18-17(14-9-11-23-12-10-14)19(26-25-18)15-5-7-16(22)8-6-15/h5-13H,1-4H3,(H,24,27)(H,25,26). The number of carbonyl (C=O) groups excluding carboxylic acids is 1. The molecule has 0 bridgehead atoms. The summed E-state index contributed by atoms with van der Waals surface area (Å²) in [5, 5.41) is 10.6. The van der Waals surface area contributed by atoms with Crippen LogP contribution in [0.3, 0.4) is 0 Å². The van der Waals surface area contributed by atoms with Gasteiger partial charge in [-0.2, -0.15) is 5.10 Å². The van der Waals surface area contributed by atoms with E-state index >= 15 is 0 Å². The van der Waals surface area contributed by atoms with Gasteiger partial charge < -0.3 is 5.32 Å². The van der Waals surface area contributed by atoms with Crippen LogP contribution in [0, 0.1) is 11.2 Å². The van der Waals surface area contributed by atoms with Crippen molar-refractivity contribution in [3.05, 3.63) is 60.3 Å². The Morgan fingerprint density at radius 1 is 1.07 bits per heavy atom. The maximum Gasteiger partial charge on any atom is 0.225 e. The number of H-pyrrole nitrogens is 1. The summed E-state index contributed by atoms with van der Waals surface area (Å²) in [4.78, 5) is 16.5. The highest BCUT2D eigenvalue weighted by Crippen LogP contribution is 2.36. The third-order valence-electron chi connectivity index (χ3n) is 4.34. The van der Waals surface area contributed by atoms with Crippen molar-refractivity contribution in [2.24, 2.45) is 5.41 Å². The van der Waals surface area contributed by atoms with E-state index in [2.05, 4.69) is 20.5 Å². The van der Waals surface area contributed by atoms with Crippen LogP contribution in [0.5, 0.6) is 0 Å². The molecule has 5 nitrogen and oxygen atoms in total. The van der Waals surface area contributed by atoms with Crippen molar-refractivity contribution in [3.63, 3.8) is 0 Å². The zero-order valence-corrected chi connectivity index (χ0v) is 15.9. The summed E-state index contributed by atoms with van der Waals surface area (Å²) in [6.45, 7) is 7.53. The van der Waals surface area contributed by atoms with Gasteiger partial charge in [-0.15, -0.1) is 0 Å². The number of halogens is 1. The maximum absolute atomic E-state index is 13.3. The predicted octanol–water partition coefficient (Wildman–Crippen LogP) is 4.50. The maximum atomic E-state index is 13.3. The first-order chi connectivity index (χ1) is 12.8. The molecular formula is C21H23FN4O. The predicted molar refractivity (Wildman–Crippen MR) is 103 cm³/mol. The minimum absolute atomic E-state index is 0.0476. The highest BCUT2D eigenvalue weighted by atomic mass is 19.1. The number of benzene rings is 1. The molecule has 2 aromatic heterocycles. The third kappa shape index (κ3) is 4.05. The van der Waals surface area contributed by atoms with Crippen molar-refractivity contribution < 1.29 is 9.18 Å². The minimum Gasteiger partial charge on any atom is -0.348 e. The molecular weight excluding hydrogens is 343 g/mol. The topological polar surface area (TPSA) is 70.7 Å². The Bertz CT molecular complexity index is 927. The summed E-state index contributed by atoms with van der Waals surface area (Å²) < 4.78 is 13.3. The molecule has 140 valence electrons. The van der Waals surface area contributed by atoms with Crippen LogP contribution >= 0.6 is 0 Å². The fraction of sp³-hybridized carbons (Fsp3) is 0.286. The minimum atomic E-state index is -0.495. The van der Waals surface area contributed by atoms with Crippen LogP contribution in [0.2, 0.25) is 0 Å². The second kappa shape index (κ2) is 7.31. The Hall–Kier alpha value is -3.02. The van der Waals surface area contributed by atoms with Gasteiger partial charge in [0.15, 0.2) is 0 Å². The number of pyridine rings is 1. The van der Waals surface area contributed by atoms with E-state index in [1.807, 2.05) is 39.8 Å². The average Bonchev–Trinajstić information content (AvgIpc) is 3.07. The van der Waals surface area contributed by atoms with Gasteiger partial charge in [-0.1, -0.05) is 20.8 Å². The quantitative estimate of drug-likeness (QED) is 0.714. The first-order valence-electron chi connectivity index (χ1n) is 8.83. The Balaban J connectivity index is 2.07. The summed E-state index contributed by atoms with van der Waals surface area (Å²) in [6, 6.07) is 9.70. The van der Waals surface area contributed by atoms with Crippen molar-refractivity contribution in [2.45, 2.75) is 33.7 Å². The number of rotatable bonds is 4. The lowest BCUT2D eigenvalue weighted by atomic mass is 9.94. The third-order valence-corrected chi connectivity index (χ3v) is 4.34. The lowest BCUT2D eigenvalue weighted by Gasteiger charge is -2.22. The Kier molecular flexibility index (Phi) is 5.08. The number of hydrogen-bond donors (Lipinski definition) is 2. The molecule has 0 saturated carbocycles. The van der Waals surface area contributed by atoms with E-state index in [1.165, 1.54) is 12.1 Å². The zero-order chi connectivity index (χ0) is 19.6. The summed E-state index contributed by atoms with van der Waals surface area (Å²) in [5.41, 5.74) is 3.58. The second-order valence-corrected chi connectivity index (χ2v) is 7.55. The van der Waals surface area contributed by atoms with Gasteiger partial charge in [-0.25, -0.2) is 4.39 Å². The van der Waals surface area contributed by atoms with E-state index in [-0.39, 0.29) is 17.8 Å². The zero-order valence-electron chi connectivity index (χ0n) is 15.9. The van der Waals surface area contributed by atoms with Crippen LogP contribution in [0.25, 0.3) is 22.4 Å². The van der Waals surface area contributed by atoms with Gasteiger partial charge >= 0.3 is 0 Å². The number of aromatic nitrogens is 3. The molecule has 1 atom stereocenters. The van der Waals surface area contributed by atoms with Crippen LogP contribution in [-0.2, 0) is 4.79 Å². The summed E-state index contributed by atoms with van der Waals surface area (Å²) in [7, 11) is 0. The molecule has 1 aromatic carbocycles. The Morgan fingerprint density at radius 2 is 1.70 bits per heavy atom. The molecule has 2 heterocycles. The molecule has 3 aromatic rings. The molecule has 0 radical (unpaired) electrons. The van der Waals surface area contributed by atoms with Crippen LogP contribution in [-0.4, -0.2) is 21.1 Å². The monoisotopic (exact) mass is 366 g/mol. The number of hydrogen-bond acceptors (Lipinski definition) is 3. The fourth-order valence-corrected chi connectivity index (χ4v) is 2.78. The molecule has 0 aliphatic rings. The molecule has 0 saturated heterocycles. The van der Waals surface area contributed by atoms with Crippen molar-refractivity contribution in [3.8, 4) is 22.4 Å². The van der Waals surface area contributed by atoms with E-state index < -0.39 is 5.41 Å². The molecule has 0 fully saturated rings. The number of nitrogens with zero attached hydrogens (tertiary/aromatic N) is 2. The number of aromatic amines is 1. The van der Waals surface area contributed by atoms with E-state index in [0.717, 1.165) is 22.4 Å². The van der Waals surface area contributed by atoms with E-state index in [9.17, 15) is 9.18 Å². The highest BCUT2D eigenvalue weighted by molar-refractivity contribution is 5.85. The molecule has 3 rings (SSSR count). The van der Waals surface area contributed by atoms with Crippen LogP contribution in [0.4, 0.5) is 4.39 Å². The number of amides is 1. The molecule has 0 aliphatic heterocycles. The molecule has 1 unspecified atom stereocenters. The van der Waals surface area contributed by atoms with Crippen molar-refractivity contribution >= 4 is 5.91 Å². The van der Waals surface area contributed by atoms with Crippen LogP contribution in [0.15, 0.2) is 48.8 Å². The van der Waals surface area contributed by atoms with E-state index in [0.29, 0.717) is 5.69 Å². The lowest BCUT2D eigenvalue weighted by Crippen LogP contribution is -2.36. The van der Waals surface area contributed by atoms with Crippen molar-refractivity contribution in [1.29, 1.82) is 0 Å². The largest absolute Gasteiger partial charge is 0.348 e. The molecule has 6 heteroatoms. The molecule has 0 aliphatic carbocycles. The first kappa shape index (κ1) is 18.8. The van der Waals surface area contributed by atoms with Gasteiger partial charge in [-0.05, 0) is 48.9 Å². The molecule has 27 heavy (non-hydrogen) atoms. The van der Waals surface area contributed by atoms with Gasteiger partial charge in [0.1, 0.15) is 11.5 Å². The van der Waals surface area contributed by atoms with Crippen LogP contribution in [0.1, 0.15) is 39.4 Å². The van der Waals surface area contributed by atoms with Crippen LogP contribution < -0.4 is 5.32 Å². The highest BCUT2D eigenvalue weighted by Gasteiger charge is 2.26. The fourth-order valence-electron chi connectivity index (χ4n) is 2.78. The lowest BCUT2D eigenvalue weighted by molar-refractivity contribution is -0.129. The molecule has 0 spiro atoms. The normalized spacial score (nSPS) is 12.6. The van der Waals surface area contributed by atoms with Crippen molar-refractivity contribution in [2.75, 3.05) is 0 Å². The molecule has 2 N–H and O–H groups in total. The SMILES string of the molecule is CC(NC(=O)C(C)(C)C)c1[nH]nc(-c2ccc(F)cc2)c1-c1ccncc1. The molecule has 1 amide bonds. The Morgan fingerprint density at radius 3 is 2.30 bits per heavy atom. The van der Waals surface area contributed by atoms with E-state index in [4.69, 9.17) is 0 Å². The van der Waals surface area contributed by atoms with E-state index in [1.54, 1.807) is 24.5 Å². The summed E-state index contributed by atoms with van der Waals surface area (Å²) in [5.74, 6) is -0.348. The Labute approximate surface area is 158 Å². The average molecular weight is 366 g/mol. The second-order valence-electron chi connectivity index (χ2n) is 7.55. The first-order valence-corrected chi connectivity index (χ1v) is 8.83. The smallest absolute Gasteiger partial charge is 0.225 e. The number of nitrogens with one attached hydrogen (secondary N) is 2. The number of carbonyl (C=O) groups is 1. The van der Waals surface area contributed by atoms with Gasteiger partial charge in [0, 0.05) is 28.9 Å². The summed E-state index contributed by atoms with van der Waals surface area (Å²) in [6.07, 6.45) is 3.41. The van der Waals surface area contributed by atoms with Gasteiger partial charge in [-0.3, -0.25) is 14.9 Å².